The Morgan fingerprint density at radius 3 is 2.34 bits per heavy atom. The maximum absolute atomic E-state index is 12.8. The minimum atomic E-state index is -4.55. The number of hydrogen-bond acceptors (Lipinski definition) is 6. The largest absolute Gasteiger partial charge is 0.482 e. The van der Waals surface area contributed by atoms with Crippen molar-refractivity contribution in [1.82, 2.24) is 0 Å². The van der Waals surface area contributed by atoms with Gasteiger partial charge in [-0.15, -0.1) is 0 Å². The Balaban J connectivity index is 2.15. The van der Waals surface area contributed by atoms with Crippen molar-refractivity contribution < 1.29 is 41.1 Å². The zero-order valence-electron chi connectivity index (χ0n) is 15.3. The van der Waals surface area contributed by atoms with E-state index in [1.165, 1.54) is 18.2 Å². The number of rotatable bonds is 8. The molecule has 0 aromatic heterocycles. The minimum absolute atomic E-state index is 0.183. The quantitative estimate of drug-likeness (QED) is 0.391. The van der Waals surface area contributed by atoms with Crippen molar-refractivity contribution in [3.63, 3.8) is 0 Å². The third kappa shape index (κ3) is 6.21. The lowest BCUT2D eigenvalue weighted by atomic mass is 10.2. The van der Waals surface area contributed by atoms with Gasteiger partial charge in [-0.05, 0) is 30.3 Å². The van der Waals surface area contributed by atoms with E-state index >= 15 is 0 Å². The van der Waals surface area contributed by atoms with Crippen LogP contribution in [0.15, 0.2) is 48.5 Å². The molecule has 29 heavy (non-hydrogen) atoms. The molecule has 6 nitrogen and oxygen atoms in total. The maximum atomic E-state index is 12.8. The Bertz CT molecular complexity index is 897. The van der Waals surface area contributed by atoms with Gasteiger partial charge in [-0.2, -0.15) is 13.2 Å². The zero-order valence-corrected chi connectivity index (χ0v) is 17.0. The lowest BCUT2D eigenvalue weighted by molar-refractivity contribution is -0.149. The van der Waals surface area contributed by atoms with Gasteiger partial charge < -0.3 is 18.5 Å². The second-order valence-electron chi connectivity index (χ2n) is 5.62. The summed E-state index contributed by atoms with van der Waals surface area (Å²) in [7, 11) is -1.68. The molecule has 1 atom stereocenters. The summed E-state index contributed by atoms with van der Waals surface area (Å²) >= 11 is 5.93. The van der Waals surface area contributed by atoms with Crippen LogP contribution in [0.5, 0.6) is 5.75 Å². The molecule has 2 aromatic carbocycles. The molecule has 0 spiro atoms. The molecule has 0 aliphatic rings. The molecule has 0 bridgehead atoms. The highest BCUT2D eigenvalue weighted by Crippen LogP contribution is 2.60. The van der Waals surface area contributed by atoms with E-state index in [0.29, 0.717) is 5.02 Å². The Hall–Kier alpha value is -2.06. The number of alkyl halides is 3. The highest BCUT2D eigenvalue weighted by molar-refractivity contribution is 7.54. The second kappa shape index (κ2) is 9.63. The molecule has 11 heteroatoms. The van der Waals surface area contributed by atoms with Crippen molar-refractivity contribution in [3.05, 3.63) is 64.7 Å². The first kappa shape index (κ1) is 23.2. The van der Waals surface area contributed by atoms with Crippen molar-refractivity contribution in [3.8, 4) is 5.75 Å². The molecule has 0 aliphatic heterocycles. The van der Waals surface area contributed by atoms with Gasteiger partial charge in [-0.25, -0.2) is 4.79 Å². The van der Waals surface area contributed by atoms with Crippen LogP contribution < -0.4 is 4.74 Å². The van der Waals surface area contributed by atoms with Crippen LogP contribution in [0.2, 0.25) is 5.02 Å². The zero-order chi connectivity index (χ0) is 21.7. The fourth-order valence-electron chi connectivity index (χ4n) is 2.30. The lowest BCUT2D eigenvalue weighted by Crippen LogP contribution is -2.19. The van der Waals surface area contributed by atoms with Crippen molar-refractivity contribution in [1.29, 1.82) is 0 Å². The Labute approximate surface area is 170 Å². The lowest BCUT2D eigenvalue weighted by Gasteiger charge is -2.24. The highest BCUT2D eigenvalue weighted by atomic mass is 35.5. The van der Waals surface area contributed by atoms with E-state index in [-0.39, 0.29) is 11.3 Å². The average molecular weight is 453 g/mol. The van der Waals surface area contributed by atoms with Gasteiger partial charge in [0.15, 0.2) is 6.61 Å². The Morgan fingerprint density at radius 2 is 1.76 bits per heavy atom. The third-order valence-corrected chi connectivity index (χ3v) is 5.92. The molecule has 0 saturated heterocycles. The first-order valence-corrected chi connectivity index (χ1v) is 10.0. The van der Waals surface area contributed by atoms with E-state index < -0.39 is 37.8 Å². The topological polar surface area (TPSA) is 71.1 Å². The average Bonchev–Trinajstić information content (AvgIpc) is 2.69. The van der Waals surface area contributed by atoms with Crippen molar-refractivity contribution >= 4 is 25.2 Å². The van der Waals surface area contributed by atoms with E-state index in [1.54, 1.807) is 12.1 Å². The molecule has 2 rings (SSSR count). The highest BCUT2D eigenvalue weighted by Gasteiger charge is 2.39. The van der Waals surface area contributed by atoms with Gasteiger partial charge >= 0.3 is 19.7 Å². The first-order chi connectivity index (χ1) is 13.6. The van der Waals surface area contributed by atoms with Gasteiger partial charge in [0.05, 0.1) is 5.56 Å². The van der Waals surface area contributed by atoms with Crippen LogP contribution in [0.4, 0.5) is 13.2 Å². The van der Waals surface area contributed by atoms with Gasteiger partial charge in [0.25, 0.3) is 0 Å². The Morgan fingerprint density at radius 1 is 1.10 bits per heavy atom. The monoisotopic (exact) mass is 452 g/mol. The summed E-state index contributed by atoms with van der Waals surface area (Å²) in [4.78, 5) is 12.2. The summed E-state index contributed by atoms with van der Waals surface area (Å²) < 4.78 is 71.1. The van der Waals surface area contributed by atoms with E-state index in [9.17, 15) is 22.5 Å². The van der Waals surface area contributed by atoms with Crippen LogP contribution in [0, 0.1) is 0 Å². The summed E-state index contributed by atoms with van der Waals surface area (Å²) in [6, 6.07) is 10.0. The maximum Gasteiger partial charge on any atom is 0.416 e. The van der Waals surface area contributed by atoms with Crippen LogP contribution in [0.3, 0.4) is 0 Å². The van der Waals surface area contributed by atoms with Gasteiger partial charge in [0.1, 0.15) is 5.75 Å². The van der Waals surface area contributed by atoms with Gasteiger partial charge in [-0.1, -0.05) is 29.8 Å². The predicted molar refractivity (Wildman–Crippen MR) is 98.8 cm³/mol. The van der Waals surface area contributed by atoms with Gasteiger partial charge in [0, 0.05) is 24.8 Å². The molecule has 0 fully saturated rings. The molecule has 0 saturated carbocycles. The van der Waals surface area contributed by atoms with Crippen LogP contribution in [0.25, 0.3) is 0 Å². The summed E-state index contributed by atoms with van der Waals surface area (Å²) in [6.07, 6.45) is -4.55. The number of carbonyl (C=O) groups excluding carboxylic acids is 1. The summed E-state index contributed by atoms with van der Waals surface area (Å²) in [5, 5.41) is 0.294. The molecule has 0 N–H and O–H groups in total. The second-order valence-corrected chi connectivity index (χ2v) is 8.33. The molecule has 0 heterocycles. The van der Waals surface area contributed by atoms with E-state index in [1.807, 2.05) is 0 Å². The molecular weight excluding hydrogens is 436 g/mol. The fraction of sp³-hybridized carbons (Fsp3) is 0.278. The van der Waals surface area contributed by atoms with Crippen molar-refractivity contribution in [2.75, 3.05) is 20.8 Å². The minimum Gasteiger partial charge on any atom is -0.482 e. The Kier molecular flexibility index (Phi) is 7.71. The number of benzene rings is 2. The molecule has 2 aromatic rings. The predicted octanol–water partition coefficient (Wildman–Crippen LogP) is 5.47. The van der Waals surface area contributed by atoms with Crippen LogP contribution >= 0.6 is 19.2 Å². The normalized spacial score (nSPS) is 13.0. The van der Waals surface area contributed by atoms with Crippen molar-refractivity contribution in [2.24, 2.45) is 0 Å². The molecule has 1 unspecified atom stereocenters. The van der Waals surface area contributed by atoms with Crippen LogP contribution in [-0.2, 0) is 29.3 Å². The van der Waals surface area contributed by atoms with Gasteiger partial charge in [-0.3, -0.25) is 4.57 Å². The van der Waals surface area contributed by atoms with Gasteiger partial charge in [0.2, 0.25) is 5.85 Å². The third-order valence-electron chi connectivity index (χ3n) is 3.69. The molecule has 0 aliphatic carbocycles. The number of hydrogen-bond donors (Lipinski definition) is 0. The number of ether oxygens (including phenoxy) is 2. The smallest absolute Gasteiger partial charge is 0.416 e. The van der Waals surface area contributed by atoms with E-state index in [4.69, 9.17) is 30.1 Å². The van der Waals surface area contributed by atoms with Crippen molar-refractivity contribution in [2.45, 2.75) is 12.0 Å². The summed E-state index contributed by atoms with van der Waals surface area (Å²) in [6.45, 7) is -0.730. The summed E-state index contributed by atoms with van der Waals surface area (Å²) in [5.41, 5.74) is -0.680. The first-order valence-electron chi connectivity index (χ1n) is 8.05. The fourth-order valence-corrected chi connectivity index (χ4v) is 3.81. The number of esters is 1. The van der Waals surface area contributed by atoms with E-state index in [2.05, 4.69) is 0 Å². The van der Waals surface area contributed by atoms with E-state index in [0.717, 1.165) is 32.4 Å². The molecule has 158 valence electrons. The van der Waals surface area contributed by atoms with Crippen LogP contribution in [-0.4, -0.2) is 26.8 Å². The molecule has 0 radical (unpaired) electrons. The molecule has 0 amide bonds. The summed E-state index contributed by atoms with van der Waals surface area (Å²) in [5.74, 6) is -2.63. The standard InChI is InChI=1S/C18H17ClF3O6P/c1-25-29(24,26-2)17(12-5-3-7-14(19)9-12)28-16(23)11-27-15-8-4-6-13(10-15)18(20,21)22/h3-10,17H,11H2,1-2H3. The SMILES string of the molecule is COP(=O)(OC)C(OC(=O)COc1cccc(C(F)(F)F)c1)c1cccc(Cl)c1. The molecular formula is C18H17ClF3O6P. The number of carbonyl (C=O) groups is 1. The number of halogens is 4. The van der Waals surface area contributed by atoms with Crippen LogP contribution in [0.1, 0.15) is 17.0 Å².